The number of thiophene rings is 1. The normalized spacial score (nSPS) is 18.9. The summed E-state index contributed by atoms with van der Waals surface area (Å²) in [6, 6.07) is 6.78. The van der Waals surface area contributed by atoms with Crippen molar-refractivity contribution in [1.29, 1.82) is 0 Å². The first-order valence-corrected chi connectivity index (χ1v) is 7.71. The highest BCUT2D eigenvalue weighted by Gasteiger charge is 2.26. The van der Waals surface area contributed by atoms with E-state index in [0.29, 0.717) is 5.92 Å². The second-order valence-electron chi connectivity index (χ2n) is 5.83. The van der Waals surface area contributed by atoms with Crippen LogP contribution in [0, 0.1) is 13.8 Å². The zero-order chi connectivity index (χ0) is 13.7. The number of rotatable bonds is 1. The molecule has 1 heterocycles. The van der Waals surface area contributed by atoms with Crippen LogP contribution in [0.25, 0.3) is 10.4 Å². The molecule has 3 rings (SSSR count). The number of hydrogen-bond donors (Lipinski definition) is 1. The molecule has 0 amide bonds. The molecule has 100 valence electrons. The minimum absolute atomic E-state index is 0.361. The van der Waals surface area contributed by atoms with E-state index in [0.717, 1.165) is 11.3 Å². The lowest BCUT2D eigenvalue weighted by Crippen LogP contribution is -2.08. The lowest BCUT2D eigenvalue weighted by Gasteiger charge is -2.25. The van der Waals surface area contributed by atoms with E-state index in [9.17, 15) is 5.11 Å². The van der Waals surface area contributed by atoms with Gasteiger partial charge in [0.25, 0.3) is 0 Å². The Morgan fingerprint density at radius 3 is 2.68 bits per heavy atom. The predicted molar refractivity (Wildman–Crippen MR) is 82.0 cm³/mol. The average molecular weight is 272 g/mol. The highest BCUT2D eigenvalue weighted by atomic mass is 32.1. The van der Waals surface area contributed by atoms with Gasteiger partial charge in [-0.3, -0.25) is 0 Å². The third-order valence-electron chi connectivity index (χ3n) is 4.03. The smallest absolute Gasteiger partial charge is 0.0854 e. The Morgan fingerprint density at radius 2 is 2.00 bits per heavy atom. The van der Waals surface area contributed by atoms with Gasteiger partial charge in [-0.15, -0.1) is 11.3 Å². The van der Waals surface area contributed by atoms with Crippen LogP contribution in [0.2, 0.25) is 0 Å². The summed E-state index contributed by atoms with van der Waals surface area (Å²) in [5.74, 6) is 0.569. The van der Waals surface area contributed by atoms with Crippen molar-refractivity contribution in [3.8, 4) is 10.4 Å². The highest BCUT2D eigenvalue weighted by Crippen LogP contribution is 2.46. The van der Waals surface area contributed by atoms with Crippen molar-refractivity contribution in [2.75, 3.05) is 0 Å². The molecule has 0 bridgehead atoms. The molecule has 0 fully saturated rings. The SMILES string of the molecule is Cc1cc(C)c2c(c1)-c1sc(C(C)O)cc1CC2C. The van der Waals surface area contributed by atoms with Crippen molar-refractivity contribution in [2.45, 2.75) is 46.1 Å². The number of aliphatic hydroxyl groups is 1. The predicted octanol–water partition coefficient (Wildman–Crippen LogP) is 4.74. The van der Waals surface area contributed by atoms with Gasteiger partial charge >= 0.3 is 0 Å². The van der Waals surface area contributed by atoms with Crippen molar-refractivity contribution in [1.82, 2.24) is 0 Å². The van der Waals surface area contributed by atoms with Crippen LogP contribution in [-0.4, -0.2) is 5.11 Å². The summed E-state index contributed by atoms with van der Waals surface area (Å²) in [6.07, 6.45) is 0.732. The Labute approximate surface area is 118 Å². The Bertz CT molecular complexity index is 637. The number of aliphatic hydroxyl groups excluding tert-OH is 1. The second kappa shape index (κ2) is 4.46. The van der Waals surface area contributed by atoms with E-state index in [2.05, 4.69) is 39.0 Å². The zero-order valence-corrected chi connectivity index (χ0v) is 12.8. The number of aryl methyl sites for hydroxylation is 2. The summed E-state index contributed by atoms with van der Waals surface area (Å²) in [7, 11) is 0. The molecule has 0 saturated heterocycles. The summed E-state index contributed by atoms with van der Waals surface area (Å²) in [4.78, 5) is 2.46. The molecular formula is C17H20OS. The van der Waals surface area contributed by atoms with Gasteiger partial charge in [-0.05, 0) is 61.4 Å². The summed E-state index contributed by atoms with van der Waals surface area (Å²) in [6.45, 7) is 8.54. The van der Waals surface area contributed by atoms with E-state index >= 15 is 0 Å². The van der Waals surface area contributed by atoms with Gasteiger partial charge in [0.2, 0.25) is 0 Å². The molecule has 0 radical (unpaired) electrons. The summed E-state index contributed by atoms with van der Waals surface area (Å²) in [5, 5.41) is 9.81. The van der Waals surface area contributed by atoms with Crippen LogP contribution in [0.3, 0.4) is 0 Å². The Morgan fingerprint density at radius 1 is 1.26 bits per heavy atom. The molecule has 2 heteroatoms. The standard InChI is InChI=1S/C17H20OS/c1-9-5-10(2)16-11(3)7-13-8-15(12(4)18)19-17(13)14(16)6-9/h5-6,8,11-12,18H,7H2,1-4H3. The number of fused-ring (bicyclic) bond motifs is 3. The van der Waals surface area contributed by atoms with E-state index in [1.54, 1.807) is 11.3 Å². The highest BCUT2D eigenvalue weighted by molar-refractivity contribution is 7.15. The fourth-order valence-corrected chi connectivity index (χ4v) is 4.45. The van der Waals surface area contributed by atoms with Crippen molar-refractivity contribution in [3.63, 3.8) is 0 Å². The molecule has 1 aromatic carbocycles. The summed E-state index contributed by atoms with van der Waals surface area (Å²) in [5.41, 5.74) is 7.02. The molecule has 19 heavy (non-hydrogen) atoms. The molecule has 0 aliphatic heterocycles. The fraction of sp³-hybridized carbons (Fsp3) is 0.412. The molecule has 0 saturated carbocycles. The van der Waals surface area contributed by atoms with Gasteiger partial charge in [0.15, 0.2) is 0 Å². The topological polar surface area (TPSA) is 20.2 Å². The van der Waals surface area contributed by atoms with Gasteiger partial charge in [-0.25, -0.2) is 0 Å². The quantitative estimate of drug-likeness (QED) is 0.794. The number of benzene rings is 1. The largest absolute Gasteiger partial charge is 0.388 e. The maximum absolute atomic E-state index is 9.81. The van der Waals surface area contributed by atoms with Crippen LogP contribution in [0.1, 0.15) is 53.0 Å². The zero-order valence-electron chi connectivity index (χ0n) is 11.9. The Hall–Kier alpha value is -1.12. The maximum Gasteiger partial charge on any atom is 0.0854 e. The van der Waals surface area contributed by atoms with Gasteiger partial charge in [0, 0.05) is 9.75 Å². The lowest BCUT2D eigenvalue weighted by atomic mass is 9.80. The summed E-state index contributed by atoms with van der Waals surface area (Å²) >= 11 is 1.76. The van der Waals surface area contributed by atoms with Crippen LogP contribution in [0.15, 0.2) is 18.2 Å². The molecule has 2 unspecified atom stereocenters. The second-order valence-corrected chi connectivity index (χ2v) is 6.91. The maximum atomic E-state index is 9.81. The Kier molecular flexibility index (Phi) is 3.03. The molecule has 1 aliphatic rings. The van der Waals surface area contributed by atoms with Crippen molar-refractivity contribution >= 4 is 11.3 Å². The van der Waals surface area contributed by atoms with E-state index in [1.807, 2.05) is 6.92 Å². The molecule has 2 atom stereocenters. The fourth-order valence-electron chi connectivity index (χ4n) is 3.29. The Balaban J connectivity index is 2.25. The molecular weight excluding hydrogens is 252 g/mol. The minimum atomic E-state index is -0.361. The molecule has 1 aliphatic carbocycles. The first-order valence-electron chi connectivity index (χ1n) is 6.89. The van der Waals surface area contributed by atoms with Crippen LogP contribution in [-0.2, 0) is 6.42 Å². The van der Waals surface area contributed by atoms with E-state index < -0.39 is 0 Å². The lowest BCUT2D eigenvalue weighted by molar-refractivity contribution is 0.203. The average Bonchev–Trinajstić information content (AvgIpc) is 2.71. The van der Waals surface area contributed by atoms with E-state index in [1.165, 1.54) is 32.7 Å². The van der Waals surface area contributed by atoms with Gasteiger partial charge < -0.3 is 5.11 Å². The number of hydrogen-bond acceptors (Lipinski definition) is 2. The first kappa shape index (κ1) is 12.9. The monoisotopic (exact) mass is 272 g/mol. The van der Waals surface area contributed by atoms with Crippen molar-refractivity contribution in [2.24, 2.45) is 0 Å². The molecule has 1 nitrogen and oxygen atoms in total. The van der Waals surface area contributed by atoms with Crippen molar-refractivity contribution < 1.29 is 5.11 Å². The first-order chi connectivity index (χ1) is 8.97. The van der Waals surface area contributed by atoms with Crippen LogP contribution in [0.4, 0.5) is 0 Å². The van der Waals surface area contributed by atoms with E-state index in [-0.39, 0.29) is 6.10 Å². The molecule has 1 aromatic heterocycles. The van der Waals surface area contributed by atoms with E-state index in [4.69, 9.17) is 0 Å². The third kappa shape index (κ3) is 2.03. The van der Waals surface area contributed by atoms with Gasteiger partial charge in [0.05, 0.1) is 6.10 Å². The van der Waals surface area contributed by atoms with Crippen LogP contribution < -0.4 is 0 Å². The van der Waals surface area contributed by atoms with Crippen LogP contribution in [0.5, 0.6) is 0 Å². The van der Waals surface area contributed by atoms with Gasteiger partial charge in [-0.1, -0.05) is 24.6 Å². The van der Waals surface area contributed by atoms with Gasteiger partial charge in [0.1, 0.15) is 0 Å². The van der Waals surface area contributed by atoms with Crippen LogP contribution >= 0.6 is 11.3 Å². The molecule has 1 N–H and O–H groups in total. The van der Waals surface area contributed by atoms with Gasteiger partial charge in [-0.2, -0.15) is 0 Å². The minimum Gasteiger partial charge on any atom is -0.388 e. The summed E-state index contributed by atoms with van der Waals surface area (Å²) < 4.78 is 0. The molecule has 2 aromatic rings. The molecule has 0 spiro atoms. The van der Waals surface area contributed by atoms with Crippen molar-refractivity contribution in [3.05, 3.63) is 45.3 Å². The third-order valence-corrected chi connectivity index (χ3v) is 5.42.